The van der Waals surface area contributed by atoms with E-state index in [2.05, 4.69) is 37.4 Å². The highest BCUT2D eigenvalue weighted by Gasteiger charge is 2.09. The quantitative estimate of drug-likeness (QED) is 0.770. The molecule has 0 bridgehead atoms. The van der Waals surface area contributed by atoms with E-state index in [9.17, 15) is 0 Å². The van der Waals surface area contributed by atoms with Crippen molar-refractivity contribution in [2.24, 2.45) is 0 Å². The summed E-state index contributed by atoms with van der Waals surface area (Å²) in [6, 6.07) is 10.1. The van der Waals surface area contributed by atoms with Crippen molar-refractivity contribution in [3.63, 3.8) is 0 Å². The van der Waals surface area contributed by atoms with E-state index in [-0.39, 0.29) is 0 Å². The normalized spacial score (nSPS) is 10.5. The molecule has 0 spiro atoms. The summed E-state index contributed by atoms with van der Waals surface area (Å²) in [5.41, 5.74) is 4.65. The SMILES string of the molecule is CCOc1c(Cl)cc(CNc2ccc(C)c(C)c2)cc1Cl. The molecule has 2 aromatic carbocycles. The fourth-order valence-electron chi connectivity index (χ4n) is 2.05. The smallest absolute Gasteiger partial charge is 0.156 e. The minimum atomic E-state index is 0.541. The number of aryl methyl sites for hydroxylation is 2. The number of halogens is 2. The summed E-state index contributed by atoms with van der Waals surface area (Å²) in [6.45, 7) is 7.31. The van der Waals surface area contributed by atoms with Gasteiger partial charge in [-0.05, 0) is 61.7 Å². The van der Waals surface area contributed by atoms with Crippen molar-refractivity contribution in [1.29, 1.82) is 0 Å². The molecule has 0 atom stereocenters. The molecule has 4 heteroatoms. The number of ether oxygens (including phenoxy) is 1. The molecule has 0 aliphatic rings. The fraction of sp³-hybridized carbons (Fsp3) is 0.294. The summed E-state index contributed by atoms with van der Waals surface area (Å²) in [5, 5.41) is 4.46. The third kappa shape index (κ3) is 4.05. The third-order valence-electron chi connectivity index (χ3n) is 3.35. The number of rotatable bonds is 5. The van der Waals surface area contributed by atoms with E-state index in [1.807, 2.05) is 19.1 Å². The molecule has 21 heavy (non-hydrogen) atoms. The number of hydrogen-bond donors (Lipinski definition) is 1. The van der Waals surface area contributed by atoms with Gasteiger partial charge < -0.3 is 10.1 Å². The lowest BCUT2D eigenvalue weighted by Crippen LogP contribution is -2.01. The molecule has 0 saturated carbocycles. The summed E-state index contributed by atoms with van der Waals surface area (Å²) < 4.78 is 5.43. The summed E-state index contributed by atoms with van der Waals surface area (Å²) in [7, 11) is 0. The van der Waals surface area contributed by atoms with Gasteiger partial charge in [-0.3, -0.25) is 0 Å². The third-order valence-corrected chi connectivity index (χ3v) is 3.91. The standard InChI is InChI=1S/C17H19Cl2NO/c1-4-21-17-15(18)8-13(9-16(17)19)10-20-14-6-5-11(2)12(3)7-14/h5-9,20H,4,10H2,1-3H3. The predicted octanol–water partition coefficient (Wildman–Crippen LogP) is 5.62. The zero-order chi connectivity index (χ0) is 15.4. The van der Waals surface area contributed by atoms with Crippen LogP contribution in [0, 0.1) is 13.8 Å². The molecule has 2 nitrogen and oxygen atoms in total. The van der Waals surface area contributed by atoms with Gasteiger partial charge in [-0.25, -0.2) is 0 Å². The van der Waals surface area contributed by atoms with Crippen molar-refractivity contribution in [3.8, 4) is 5.75 Å². The first kappa shape index (κ1) is 16.0. The van der Waals surface area contributed by atoms with Crippen LogP contribution < -0.4 is 10.1 Å². The zero-order valence-corrected chi connectivity index (χ0v) is 14.0. The van der Waals surface area contributed by atoms with Gasteiger partial charge in [0.05, 0.1) is 16.7 Å². The Bertz CT molecular complexity index is 618. The van der Waals surface area contributed by atoms with Crippen molar-refractivity contribution in [2.75, 3.05) is 11.9 Å². The van der Waals surface area contributed by atoms with E-state index in [4.69, 9.17) is 27.9 Å². The molecule has 0 heterocycles. The highest BCUT2D eigenvalue weighted by Crippen LogP contribution is 2.34. The van der Waals surface area contributed by atoms with Crippen LogP contribution in [0.3, 0.4) is 0 Å². The molecule has 0 aliphatic carbocycles. The fourth-order valence-corrected chi connectivity index (χ4v) is 2.69. The average Bonchev–Trinajstić information content (AvgIpc) is 2.44. The van der Waals surface area contributed by atoms with Crippen molar-refractivity contribution >= 4 is 28.9 Å². The van der Waals surface area contributed by atoms with Crippen molar-refractivity contribution in [3.05, 3.63) is 57.1 Å². The van der Waals surface area contributed by atoms with Crippen LogP contribution in [-0.2, 0) is 6.54 Å². The molecule has 0 aromatic heterocycles. The van der Waals surface area contributed by atoms with Crippen LogP contribution in [0.1, 0.15) is 23.6 Å². The van der Waals surface area contributed by atoms with Crippen molar-refractivity contribution in [2.45, 2.75) is 27.3 Å². The first-order chi connectivity index (χ1) is 10.0. The maximum atomic E-state index is 6.20. The molecule has 1 N–H and O–H groups in total. The van der Waals surface area contributed by atoms with E-state index < -0.39 is 0 Å². The van der Waals surface area contributed by atoms with E-state index in [0.29, 0.717) is 28.9 Å². The van der Waals surface area contributed by atoms with Gasteiger partial charge in [0.15, 0.2) is 5.75 Å². The molecule has 0 saturated heterocycles. The molecule has 2 aromatic rings. The second-order valence-electron chi connectivity index (χ2n) is 4.97. The van der Waals surface area contributed by atoms with Crippen LogP contribution >= 0.6 is 23.2 Å². The first-order valence-corrected chi connectivity index (χ1v) is 7.68. The molecule has 0 fully saturated rings. The number of anilines is 1. The Balaban J connectivity index is 2.11. The van der Waals surface area contributed by atoms with Crippen LogP contribution in [0.25, 0.3) is 0 Å². The maximum Gasteiger partial charge on any atom is 0.156 e. The minimum absolute atomic E-state index is 0.541. The van der Waals surface area contributed by atoms with E-state index in [0.717, 1.165) is 11.3 Å². The number of nitrogens with one attached hydrogen (secondary N) is 1. The second kappa shape index (κ2) is 7.06. The number of benzene rings is 2. The minimum Gasteiger partial charge on any atom is -0.491 e. The Morgan fingerprint density at radius 2 is 1.67 bits per heavy atom. The molecule has 0 amide bonds. The van der Waals surface area contributed by atoms with Crippen molar-refractivity contribution < 1.29 is 4.74 Å². The van der Waals surface area contributed by atoms with E-state index in [1.54, 1.807) is 0 Å². The Kier molecular flexibility index (Phi) is 5.38. The van der Waals surface area contributed by atoms with Crippen LogP contribution in [-0.4, -0.2) is 6.61 Å². The molecular weight excluding hydrogens is 305 g/mol. The highest BCUT2D eigenvalue weighted by molar-refractivity contribution is 6.37. The van der Waals surface area contributed by atoms with Gasteiger partial charge in [-0.2, -0.15) is 0 Å². The van der Waals surface area contributed by atoms with Gasteiger partial charge in [0.1, 0.15) is 0 Å². The van der Waals surface area contributed by atoms with E-state index in [1.165, 1.54) is 11.1 Å². The molecule has 0 unspecified atom stereocenters. The largest absolute Gasteiger partial charge is 0.491 e. The van der Waals surface area contributed by atoms with Gasteiger partial charge in [-0.15, -0.1) is 0 Å². The topological polar surface area (TPSA) is 21.3 Å². The average molecular weight is 324 g/mol. The summed E-state index contributed by atoms with van der Waals surface area (Å²) in [4.78, 5) is 0. The van der Waals surface area contributed by atoms with Gasteiger partial charge in [0.2, 0.25) is 0 Å². The van der Waals surface area contributed by atoms with Gasteiger partial charge in [0, 0.05) is 12.2 Å². The van der Waals surface area contributed by atoms with Crippen molar-refractivity contribution in [1.82, 2.24) is 0 Å². The van der Waals surface area contributed by atoms with Crippen LogP contribution in [0.5, 0.6) is 5.75 Å². The highest BCUT2D eigenvalue weighted by atomic mass is 35.5. The molecule has 0 aliphatic heterocycles. The van der Waals surface area contributed by atoms with Crippen LogP contribution in [0.15, 0.2) is 30.3 Å². The predicted molar refractivity (Wildman–Crippen MR) is 90.9 cm³/mol. The lowest BCUT2D eigenvalue weighted by Gasteiger charge is -2.12. The molecule has 0 radical (unpaired) electrons. The summed E-state index contributed by atoms with van der Waals surface area (Å²) in [5.74, 6) is 0.552. The Morgan fingerprint density at radius 3 is 2.24 bits per heavy atom. The summed E-state index contributed by atoms with van der Waals surface area (Å²) in [6.07, 6.45) is 0. The number of hydrogen-bond acceptors (Lipinski definition) is 2. The monoisotopic (exact) mass is 323 g/mol. The zero-order valence-electron chi connectivity index (χ0n) is 12.5. The Labute approximate surface area is 136 Å². The molecular formula is C17H19Cl2NO. The first-order valence-electron chi connectivity index (χ1n) is 6.93. The summed E-state index contributed by atoms with van der Waals surface area (Å²) >= 11 is 12.4. The van der Waals surface area contributed by atoms with Gasteiger partial charge >= 0.3 is 0 Å². The van der Waals surface area contributed by atoms with Crippen LogP contribution in [0.2, 0.25) is 10.0 Å². The molecule has 2 rings (SSSR count). The van der Waals surface area contributed by atoms with Gasteiger partial charge in [0.25, 0.3) is 0 Å². The second-order valence-corrected chi connectivity index (χ2v) is 5.79. The van der Waals surface area contributed by atoms with E-state index >= 15 is 0 Å². The Morgan fingerprint density at radius 1 is 1.00 bits per heavy atom. The lowest BCUT2D eigenvalue weighted by molar-refractivity contribution is 0.340. The maximum absolute atomic E-state index is 6.20. The Hall–Kier alpha value is -1.38. The van der Waals surface area contributed by atoms with Gasteiger partial charge in [-0.1, -0.05) is 29.3 Å². The lowest BCUT2D eigenvalue weighted by atomic mass is 10.1. The molecule has 112 valence electrons. The van der Waals surface area contributed by atoms with Crippen LogP contribution in [0.4, 0.5) is 5.69 Å².